The lowest BCUT2D eigenvalue weighted by Crippen LogP contribution is -2.45. The smallest absolute Gasteiger partial charge is 0.338 e. The second-order valence-electron chi connectivity index (χ2n) is 6.60. The maximum Gasteiger partial charge on any atom is 0.338 e. The van der Waals surface area contributed by atoms with E-state index in [1.54, 1.807) is 29.2 Å². The van der Waals surface area contributed by atoms with E-state index in [-0.39, 0.29) is 17.6 Å². The van der Waals surface area contributed by atoms with Crippen molar-refractivity contribution < 1.29 is 19.1 Å². The van der Waals surface area contributed by atoms with Gasteiger partial charge in [-0.15, -0.1) is 0 Å². The summed E-state index contributed by atoms with van der Waals surface area (Å²) in [5.74, 6) is -0.724. The highest BCUT2D eigenvalue weighted by molar-refractivity contribution is 6.05. The number of benzene rings is 1. The van der Waals surface area contributed by atoms with Crippen molar-refractivity contribution in [3.05, 3.63) is 52.8 Å². The molecule has 0 bridgehead atoms. The number of hydrogen-bond acceptors (Lipinski definition) is 6. The maximum atomic E-state index is 13.0. The van der Waals surface area contributed by atoms with Crippen LogP contribution in [-0.2, 0) is 4.74 Å². The zero-order chi connectivity index (χ0) is 19.4. The number of aromatic nitrogens is 2. The predicted molar refractivity (Wildman–Crippen MR) is 98.8 cm³/mol. The van der Waals surface area contributed by atoms with Gasteiger partial charge in [-0.2, -0.15) is 0 Å². The van der Waals surface area contributed by atoms with Gasteiger partial charge in [-0.1, -0.05) is 12.1 Å². The number of amides is 1. The van der Waals surface area contributed by atoms with Crippen LogP contribution in [0, 0.1) is 13.8 Å². The molecule has 7 nitrogen and oxygen atoms in total. The van der Waals surface area contributed by atoms with Crippen LogP contribution in [-0.4, -0.2) is 53.0 Å². The third-order valence-corrected chi connectivity index (χ3v) is 4.46. The van der Waals surface area contributed by atoms with Gasteiger partial charge in [0.05, 0.1) is 24.8 Å². The average Bonchev–Trinajstić information content (AvgIpc) is 2.66. The molecule has 1 aromatic carbocycles. The van der Waals surface area contributed by atoms with E-state index in [0.717, 1.165) is 24.2 Å². The Labute approximate surface area is 158 Å². The van der Waals surface area contributed by atoms with E-state index in [1.807, 2.05) is 19.9 Å². The van der Waals surface area contributed by atoms with Gasteiger partial charge in [-0.3, -0.25) is 4.79 Å². The van der Waals surface area contributed by atoms with Gasteiger partial charge in [0.1, 0.15) is 6.10 Å². The quantitative estimate of drug-likeness (QED) is 0.771. The third-order valence-electron chi connectivity index (χ3n) is 4.46. The molecule has 142 valence electrons. The highest BCUT2D eigenvalue weighted by atomic mass is 16.5. The standard InChI is InChI=1S/C20H23N3O4/c1-13-11-14(2)22-20(21-13)27-15-7-6-10-23(12-15)18(24)16-8-4-5-9-17(16)19(25)26-3/h4-5,8-9,11,15H,6-7,10,12H2,1-3H3. The first-order valence-corrected chi connectivity index (χ1v) is 8.93. The van der Waals surface area contributed by atoms with E-state index in [0.29, 0.717) is 24.7 Å². The molecule has 1 aliphatic heterocycles. The Kier molecular flexibility index (Phi) is 5.69. The SMILES string of the molecule is COC(=O)c1ccccc1C(=O)N1CCCC(Oc2nc(C)cc(C)n2)C1. The van der Waals surface area contributed by atoms with Crippen LogP contribution in [0.15, 0.2) is 30.3 Å². The molecular weight excluding hydrogens is 346 g/mol. The Morgan fingerprint density at radius 1 is 1.11 bits per heavy atom. The predicted octanol–water partition coefficient (Wildman–Crippen LogP) is 2.56. The molecule has 1 aliphatic rings. The minimum atomic E-state index is -0.521. The molecule has 1 saturated heterocycles. The summed E-state index contributed by atoms with van der Waals surface area (Å²) in [6.07, 6.45) is 1.44. The van der Waals surface area contributed by atoms with Crippen LogP contribution >= 0.6 is 0 Å². The molecule has 2 heterocycles. The highest BCUT2D eigenvalue weighted by Crippen LogP contribution is 2.20. The molecule has 1 unspecified atom stereocenters. The molecule has 0 aliphatic carbocycles. The Hall–Kier alpha value is -2.96. The molecule has 1 aromatic heterocycles. The minimum Gasteiger partial charge on any atom is -0.465 e. The molecule has 0 N–H and O–H groups in total. The lowest BCUT2D eigenvalue weighted by Gasteiger charge is -2.32. The summed E-state index contributed by atoms with van der Waals surface area (Å²) in [6.45, 7) is 4.82. The van der Waals surface area contributed by atoms with Crippen LogP contribution in [0.25, 0.3) is 0 Å². The minimum absolute atomic E-state index is 0.186. The van der Waals surface area contributed by atoms with Gasteiger partial charge >= 0.3 is 12.0 Å². The second kappa shape index (κ2) is 8.16. The summed E-state index contributed by atoms with van der Waals surface area (Å²) in [5.41, 5.74) is 2.29. The van der Waals surface area contributed by atoms with E-state index in [2.05, 4.69) is 9.97 Å². The number of likely N-dealkylation sites (tertiary alicyclic amines) is 1. The Morgan fingerprint density at radius 3 is 2.44 bits per heavy atom. The van der Waals surface area contributed by atoms with Crippen molar-refractivity contribution in [1.29, 1.82) is 0 Å². The number of ether oxygens (including phenoxy) is 2. The number of carbonyl (C=O) groups is 2. The number of hydrogen-bond donors (Lipinski definition) is 0. The van der Waals surface area contributed by atoms with Crippen LogP contribution in [0.2, 0.25) is 0 Å². The Balaban J connectivity index is 1.74. The van der Waals surface area contributed by atoms with Crippen LogP contribution in [0.1, 0.15) is 44.9 Å². The molecule has 0 spiro atoms. The number of carbonyl (C=O) groups excluding carboxylic acids is 2. The van der Waals surface area contributed by atoms with Crippen molar-refractivity contribution in [2.45, 2.75) is 32.8 Å². The monoisotopic (exact) mass is 369 g/mol. The summed E-state index contributed by atoms with van der Waals surface area (Å²) in [7, 11) is 1.30. The fourth-order valence-electron chi connectivity index (χ4n) is 3.24. The highest BCUT2D eigenvalue weighted by Gasteiger charge is 2.28. The van der Waals surface area contributed by atoms with Crippen molar-refractivity contribution in [1.82, 2.24) is 14.9 Å². The molecule has 2 aromatic rings. The first-order valence-electron chi connectivity index (χ1n) is 8.93. The van der Waals surface area contributed by atoms with Gasteiger partial charge in [-0.05, 0) is 44.9 Å². The average molecular weight is 369 g/mol. The van der Waals surface area contributed by atoms with Gasteiger partial charge < -0.3 is 14.4 Å². The van der Waals surface area contributed by atoms with Crippen molar-refractivity contribution in [3.8, 4) is 6.01 Å². The number of rotatable bonds is 4. The van der Waals surface area contributed by atoms with Gasteiger partial charge in [-0.25, -0.2) is 14.8 Å². The van der Waals surface area contributed by atoms with Crippen molar-refractivity contribution in [2.24, 2.45) is 0 Å². The van der Waals surface area contributed by atoms with E-state index in [1.165, 1.54) is 7.11 Å². The third kappa shape index (κ3) is 4.42. The topological polar surface area (TPSA) is 81.6 Å². The molecular formula is C20H23N3O4. The molecule has 1 amide bonds. The second-order valence-corrected chi connectivity index (χ2v) is 6.60. The summed E-state index contributed by atoms with van der Waals surface area (Å²) < 4.78 is 10.7. The maximum absolute atomic E-state index is 13.0. The first kappa shape index (κ1) is 18.8. The molecule has 0 saturated carbocycles. The number of piperidine rings is 1. The zero-order valence-corrected chi connectivity index (χ0v) is 15.8. The molecule has 7 heteroatoms. The van der Waals surface area contributed by atoms with Gasteiger partial charge in [0, 0.05) is 17.9 Å². The largest absolute Gasteiger partial charge is 0.465 e. The van der Waals surface area contributed by atoms with Gasteiger partial charge in [0.2, 0.25) is 0 Å². The summed E-state index contributed by atoms with van der Waals surface area (Å²) in [6, 6.07) is 8.91. The van der Waals surface area contributed by atoms with E-state index in [9.17, 15) is 9.59 Å². The molecule has 27 heavy (non-hydrogen) atoms. The molecule has 0 radical (unpaired) electrons. The number of aryl methyl sites for hydroxylation is 2. The zero-order valence-electron chi connectivity index (χ0n) is 15.8. The van der Waals surface area contributed by atoms with Crippen molar-refractivity contribution in [2.75, 3.05) is 20.2 Å². The molecule has 1 atom stereocenters. The molecule has 3 rings (SSSR count). The lowest BCUT2D eigenvalue weighted by molar-refractivity contribution is 0.0501. The fraction of sp³-hybridized carbons (Fsp3) is 0.400. The first-order chi connectivity index (χ1) is 13.0. The van der Waals surface area contributed by atoms with Crippen molar-refractivity contribution >= 4 is 11.9 Å². The van der Waals surface area contributed by atoms with Crippen LogP contribution in [0.4, 0.5) is 0 Å². The number of nitrogens with zero attached hydrogens (tertiary/aromatic N) is 3. The van der Waals surface area contributed by atoms with E-state index < -0.39 is 5.97 Å². The Morgan fingerprint density at radius 2 is 1.78 bits per heavy atom. The lowest BCUT2D eigenvalue weighted by atomic mass is 10.0. The van der Waals surface area contributed by atoms with Crippen LogP contribution < -0.4 is 4.74 Å². The van der Waals surface area contributed by atoms with Gasteiger partial charge in [0.15, 0.2) is 0 Å². The van der Waals surface area contributed by atoms with Crippen LogP contribution in [0.5, 0.6) is 6.01 Å². The van der Waals surface area contributed by atoms with E-state index in [4.69, 9.17) is 9.47 Å². The number of esters is 1. The van der Waals surface area contributed by atoms with Gasteiger partial charge in [0.25, 0.3) is 5.91 Å². The van der Waals surface area contributed by atoms with Crippen LogP contribution in [0.3, 0.4) is 0 Å². The summed E-state index contributed by atoms with van der Waals surface area (Å²) >= 11 is 0. The summed E-state index contributed by atoms with van der Waals surface area (Å²) in [4.78, 5) is 35.3. The van der Waals surface area contributed by atoms with Crippen molar-refractivity contribution in [3.63, 3.8) is 0 Å². The molecule has 1 fully saturated rings. The normalized spacial score (nSPS) is 16.7. The summed E-state index contributed by atoms with van der Waals surface area (Å²) in [5, 5.41) is 0. The Bertz CT molecular complexity index is 833. The van der Waals surface area contributed by atoms with E-state index >= 15 is 0 Å². The fourth-order valence-corrected chi connectivity index (χ4v) is 3.24. The number of methoxy groups -OCH3 is 1.